The van der Waals surface area contributed by atoms with Crippen LogP contribution >= 0.6 is 11.6 Å². The molecule has 0 fully saturated rings. The zero-order chi connectivity index (χ0) is 32.6. The van der Waals surface area contributed by atoms with E-state index in [1.807, 2.05) is 37.1 Å². The van der Waals surface area contributed by atoms with Crippen LogP contribution in [0.1, 0.15) is 54.1 Å². The largest absolute Gasteiger partial charge is 0.389 e. The summed E-state index contributed by atoms with van der Waals surface area (Å²) in [6, 6.07) is 8.59. The highest BCUT2D eigenvalue weighted by atomic mass is 35.5. The lowest BCUT2D eigenvalue weighted by Crippen LogP contribution is -2.34. The molecule has 1 aliphatic heterocycles. The molecule has 0 saturated heterocycles. The lowest BCUT2D eigenvalue weighted by molar-refractivity contribution is -0.134. The van der Waals surface area contributed by atoms with Crippen molar-refractivity contribution in [2.45, 2.75) is 51.2 Å². The van der Waals surface area contributed by atoms with Crippen LogP contribution in [0, 0.1) is 5.82 Å². The molecule has 236 valence electrons. The monoisotopic (exact) mass is 631 g/mol. The molecule has 0 radical (unpaired) electrons. The van der Waals surface area contributed by atoms with Crippen molar-refractivity contribution in [1.29, 1.82) is 0 Å². The second-order valence-corrected chi connectivity index (χ2v) is 11.1. The van der Waals surface area contributed by atoms with E-state index in [0.717, 1.165) is 24.3 Å². The first-order valence-corrected chi connectivity index (χ1v) is 14.5. The van der Waals surface area contributed by atoms with E-state index in [1.54, 1.807) is 36.4 Å². The summed E-state index contributed by atoms with van der Waals surface area (Å²) in [5.74, 6) is -1.62. The summed E-state index contributed by atoms with van der Waals surface area (Å²) in [6.45, 7) is 10.8. The van der Waals surface area contributed by atoms with E-state index in [0.29, 0.717) is 45.9 Å². The number of anilines is 1. The van der Waals surface area contributed by atoms with Crippen LogP contribution in [0.3, 0.4) is 0 Å². The molecule has 0 bridgehead atoms. The van der Waals surface area contributed by atoms with Gasteiger partial charge in [-0.25, -0.2) is 4.39 Å². The molecule has 3 N–H and O–H groups in total. The molecule has 0 aliphatic carbocycles. The topological polar surface area (TPSA) is 74.0 Å². The van der Waals surface area contributed by atoms with Crippen LogP contribution in [-0.2, 0) is 6.42 Å². The number of hydrazone groups is 1. The molecule has 1 aliphatic rings. The van der Waals surface area contributed by atoms with Gasteiger partial charge in [-0.15, -0.1) is 0 Å². The molecule has 0 saturated carbocycles. The van der Waals surface area contributed by atoms with Gasteiger partial charge >= 0.3 is 6.18 Å². The summed E-state index contributed by atoms with van der Waals surface area (Å²) in [5.41, 5.74) is 9.58. The number of hydrogen-bond acceptors (Lipinski definition) is 5. The predicted molar refractivity (Wildman–Crippen MR) is 171 cm³/mol. The summed E-state index contributed by atoms with van der Waals surface area (Å²) >= 11 is 6.32. The Bertz CT molecular complexity index is 1480. The minimum Gasteiger partial charge on any atom is -0.371 e. The van der Waals surface area contributed by atoms with E-state index in [9.17, 15) is 22.4 Å². The lowest BCUT2D eigenvalue weighted by Gasteiger charge is -2.31. The molecule has 6 nitrogen and oxygen atoms in total. The second kappa shape index (κ2) is 15.1. The molecular formula is C33H38ClF4N5O. The van der Waals surface area contributed by atoms with Crippen molar-refractivity contribution in [2.24, 2.45) is 10.8 Å². The maximum Gasteiger partial charge on any atom is 0.389 e. The number of carbonyl (C=O) groups is 1. The van der Waals surface area contributed by atoms with Gasteiger partial charge in [-0.2, -0.15) is 18.3 Å². The third-order valence-corrected chi connectivity index (χ3v) is 7.54. The van der Waals surface area contributed by atoms with Gasteiger partial charge in [0.1, 0.15) is 5.82 Å². The Kier molecular flexibility index (Phi) is 11.8. The SMILES string of the molecule is C=C/C=C(\C(=C/N(C)C(CC1=NN(C)CC1)C(=C)Nc1ccc(C(N)=O)c(F)c1)CC)c1cc(Cl)ccc1CCC(F)(F)F. The first kappa shape index (κ1) is 34.4. The van der Waals surface area contributed by atoms with Crippen LogP contribution < -0.4 is 11.1 Å². The number of alkyl halides is 3. The van der Waals surface area contributed by atoms with E-state index in [-0.39, 0.29) is 18.0 Å². The van der Waals surface area contributed by atoms with Gasteiger partial charge < -0.3 is 16.0 Å². The Balaban J connectivity index is 2.00. The molecule has 0 spiro atoms. The van der Waals surface area contributed by atoms with Gasteiger partial charge in [0.2, 0.25) is 0 Å². The number of nitrogens with one attached hydrogen (secondary N) is 1. The average molecular weight is 632 g/mol. The highest BCUT2D eigenvalue weighted by Gasteiger charge is 2.28. The number of hydrogen-bond donors (Lipinski definition) is 2. The summed E-state index contributed by atoms with van der Waals surface area (Å²) in [7, 11) is 3.77. The second-order valence-electron chi connectivity index (χ2n) is 10.6. The molecule has 3 rings (SSSR count). The van der Waals surface area contributed by atoms with Crippen LogP contribution in [0.5, 0.6) is 0 Å². The average Bonchev–Trinajstić information content (AvgIpc) is 3.36. The number of allylic oxidation sites excluding steroid dienone is 4. The number of aryl methyl sites for hydroxylation is 1. The molecule has 1 unspecified atom stereocenters. The highest BCUT2D eigenvalue weighted by molar-refractivity contribution is 6.30. The third-order valence-electron chi connectivity index (χ3n) is 7.31. The Labute approximate surface area is 261 Å². The molecule has 2 aromatic carbocycles. The normalized spacial score (nSPS) is 14.7. The van der Waals surface area contributed by atoms with Crippen molar-refractivity contribution >= 4 is 34.5 Å². The van der Waals surface area contributed by atoms with Gasteiger partial charge in [-0.3, -0.25) is 9.80 Å². The van der Waals surface area contributed by atoms with Crippen molar-refractivity contribution < 1.29 is 22.4 Å². The fourth-order valence-corrected chi connectivity index (χ4v) is 5.21. The zero-order valence-electron chi connectivity index (χ0n) is 25.1. The summed E-state index contributed by atoms with van der Waals surface area (Å²) in [5, 5.41) is 10.0. The molecule has 1 heterocycles. The van der Waals surface area contributed by atoms with Gasteiger partial charge in [0.25, 0.3) is 5.91 Å². The Morgan fingerprint density at radius 1 is 1.25 bits per heavy atom. The number of halogens is 5. The first-order valence-electron chi connectivity index (χ1n) is 14.2. The maximum absolute atomic E-state index is 14.5. The highest BCUT2D eigenvalue weighted by Crippen LogP contribution is 2.34. The quantitative estimate of drug-likeness (QED) is 0.164. The van der Waals surface area contributed by atoms with Crippen molar-refractivity contribution in [1.82, 2.24) is 9.91 Å². The number of rotatable bonds is 14. The van der Waals surface area contributed by atoms with Crippen LogP contribution in [0.15, 0.2) is 84.3 Å². The van der Waals surface area contributed by atoms with Gasteiger partial charge in [-0.05, 0) is 65.4 Å². The molecule has 44 heavy (non-hydrogen) atoms. The van der Waals surface area contributed by atoms with E-state index in [4.69, 9.17) is 17.3 Å². The zero-order valence-corrected chi connectivity index (χ0v) is 25.9. The van der Waals surface area contributed by atoms with Crippen molar-refractivity contribution in [3.63, 3.8) is 0 Å². The Morgan fingerprint density at radius 2 is 1.98 bits per heavy atom. The minimum atomic E-state index is -4.30. The fraction of sp³-hybridized carbons (Fsp3) is 0.333. The molecule has 1 atom stereocenters. The number of primary amides is 1. The first-order chi connectivity index (χ1) is 20.7. The van der Waals surface area contributed by atoms with E-state index >= 15 is 0 Å². The Morgan fingerprint density at radius 3 is 2.55 bits per heavy atom. The Hall–Kier alpha value is -4.05. The number of benzene rings is 2. The maximum atomic E-state index is 14.5. The van der Waals surface area contributed by atoms with Crippen LogP contribution in [0.4, 0.5) is 23.2 Å². The predicted octanol–water partition coefficient (Wildman–Crippen LogP) is 7.94. The molecule has 1 amide bonds. The molecule has 0 aromatic heterocycles. The van der Waals surface area contributed by atoms with Crippen molar-refractivity contribution in [2.75, 3.05) is 26.0 Å². The lowest BCUT2D eigenvalue weighted by atomic mass is 9.90. The minimum absolute atomic E-state index is 0.195. The van der Waals surface area contributed by atoms with E-state index in [1.165, 1.54) is 12.1 Å². The third kappa shape index (κ3) is 9.47. The molecule has 11 heteroatoms. The summed E-state index contributed by atoms with van der Waals surface area (Å²) in [6.07, 6.45) is 1.67. The van der Waals surface area contributed by atoms with Gasteiger partial charge in [0.15, 0.2) is 0 Å². The van der Waals surface area contributed by atoms with Gasteiger partial charge in [-0.1, -0.05) is 49.9 Å². The number of nitrogens with zero attached hydrogens (tertiary/aromatic N) is 3. The van der Waals surface area contributed by atoms with Crippen LogP contribution in [0.2, 0.25) is 5.02 Å². The number of nitrogens with two attached hydrogens (primary N) is 1. The number of carbonyl (C=O) groups excluding carboxylic acids is 1. The van der Waals surface area contributed by atoms with E-state index < -0.39 is 24.3 Å². The van der Waals surface area contributed by atoms with Crippen molar-refractivity contribution in [3.05, 3.63) is 107 Å². The van der Waals surface area contributed by atoms with Crippen LogP contribution in [-0.4, -0.2) is 54.4 Å². The van der Waals surface area contributed by atoms with Crippen LogP contribution in [0.25, 0.3) is 5.57 Å². The van der Waals surface area contributed by atoms with E-state index in [2.05, 4.69) is 23.6 Å². The fourth-order valence-electron chi connectivity index (χ4n) is 5.04. The summed E-state index contributed by atoms with van der Waals surface area (Å²) < 4.78 is 53.9. The van der Waals surface area contributed by atoms with Gasteiger partial charge in [0, 0.05) is 68.2 Å². The number of amides is 1. The standard InChI is InChI=1S/C33H38ClF4N5O/c1-6-8-27(29-17-24(34)10-9-23(29)13-15-33(36,37)38)22(7-2)20-42(4)31(19-26-14-16-43(5)41-26)21(3)40-25-11-12-28(32(39)44)30(35)18-25/h6,8-12,17-18,20,31,40H,1,3,7,13-16,19H2,2,4-5H3,(H2,39,44)/b22-20-,27-8+. The molecule has 2 aromatic rings. The van der Waals surface area contributed by atoms with Gasteiger partial charge in [0.05, 0.1) is 11.6 Å². The molecular weight excluding hydrogens is 594 g/mol. The van der Waals surface area contributed by atoms with Crippen molar-refractivity contribution in [3.8, 4) is 0 Å². The smallest absolute Gasteiger partial charge is 0.371 e. The number of likely N-dealkylation sites (N-methyl/N-ethyl adjacent to an activating group) is 1. The summed E-state index contributed by atoms with van der Waals surface area (Å²) in [4.78, 5) is 13.4.